The average Bonchev–Trinajstić information content (AvgIpc) is 3.82. The van der Waals surface area contributed by atoms with Gasteiger partial charge in [0.25, 0.3) is 0 Å². The smallest absolute Gasteiger partial charge is 0.169 e. The molecule has 260 valence electrons. The van der Waals surface area contributed by atoms with E-state index >= 15 is 0 Å². The van der Waals surface area contributed by atoms with Crippen LogP contribution < -0.4 is 9.30 Å². The van der Waals surface area contributed by atoms with Crippen molar-refractivity contribution >= 4 is 44.4 Å². The quantitative estimate of drug-likeness (QED) is 0.169. The van der Waals surface area contributed by atoms with E-state index in [1.807, 2.05) is 12.1 Å². The molecule has 6 heteroatoms. The second-order valence-corrected chi connectivity index (χ2v) is 13.9. The molecule has 0 aliphatic carbocycles. The molecule has 0 radical (unpaired) electrons. The number of allylic oxidation sites excluding steroid dienone is 4. The lowest BCUT2D eigenvalue weighted by molar-refractivity contribution is -0.671. The Balaban J connectivity index is 1.75. The van der Waals surface area contributed by atoms with E-state index in [1.54, 1.807) is 7.11 Å². The largest absolute Gasteiger partial charge is 0.497 e. The third-order valence-corrected chi connectivity index (χ3v) is 11.1. The molecule has 6 heterocycles. The zero-order chi connectivity index (χ0) is 36.1. The van der Waals surface area contributed by atoms with Crippen LogP contribution in [0, 0.1) is 13.8 Å². The van der Waals surface area contributed by atoms with Crippen molar-refractivity contribution in [2.45, 2.75) is 81.1 Å². The van der Waals surface area contributed by atoms with Crippen LogP contribution >= 0.6 is 0 Å². The Morgan fingerprint density at radius 2 is 1.06 bits per heavy atom. The lowest BCUT2D eigenvalue weighted by Gasteiger charge is -2.11. The minimum atomic E-state index is 0.828. The number of ether oxygens (including phenoxy) is 1. The summed E-state index contributed by atoms with van der Waals surface area (Å²) in [5.74, 6) is 0.828. The summed E-state index contributed by atoms with van der Waals surface area (Å²) in [5.41, 5.74) is 23.1. The fourth-order valence-corrected chi connectivity index (χ4v) is 8.30. The molecule has 2 aliphatic rings. The number of nitrogens with one attached hydrogen (secondary N) is 2. The molecule has 0 unspecified atom stereocenters. The molecule has 2 N–H and O–H groups in total. The summed E-state index contributed by atoms with van der Waals surface area (Å²) in [6.07, 6.45) is 7.84. The fraction of sp³-hybridized carbons (Fsp3) is 0.311. The number of hydrogen-bond donors (Lipinski definition) is 2. The molecule has 0 atom stereocenters. The normalized spacial score (nSPS) is 13.1. The SMILES string of the molecule is CCC1=C(C)c2nc1cc1[nH]c(c(C)c1CC)c(-c1cc[n+](C)cc1)c1[nH]c(cc3nc(c2-c2ccc(OC)cc2)C(C)=C3CC)c(CC)c1C. The van der Waals surface area contributed by atoms with Gasteiger partial charge in [-0.05, 0) is 133 Å². The van der Waals surface area contributed by atoms with Crippen LogP contribution in [0.3, 0.4) is 0 Å². The molecule has 7 rings (SSSR count). The first-order valence-electron chi connectivity index (χ1n) is 18.4. The first-order chi connectivity index (χ1) is 24.6. The van der Waals surface area contributed by atoms with Gasteiger partial charge in [-0.3, -0.25) is 0 Å². The van der Waals surface area contributed by atoms with E-state index in [-0.39, 0.29) is 0 Å². The molecule has 4 aromatic heterocycles. The lowest BCUT2D eigenvalue weighted by Crippen LogP contribution is -2.25. The van der Waals surface area contributed by atoms with E-state index in [4.69, 9.17) is 14.7 Å². The molecule has 2 aliphatic heterocycles. The van der Waals surface area contributed by atoms with Crippen LogP contribution in [-0.2, 0) is 19.9 Å². The number of aryl methyl sites for hydroxylation is 5. The van der Waals surface area contributed by atoms with Crippen LogP contribution in [0.15, 0.2) is 60.9 Å². The van der Waals surface area contributed by atoms with Gasteiger partial charge < -0.3 is 14.7 Å². The standard InChI is InChI=1S/C45H49N5O/c1-11-32-25(5)42-40(29-15-17-31(51-10)18-16-29)43-26(6)33(12-2)37(47-43)24-39-35(14-4)28(8)45(49-39)41(30-19-21-50(9)22-20-30)44-27(7)34(13-3)38(48-44)23-36(32)46-42/h15-24H,11-14H2,1-10H3,(H,46,47,48,49)/p+1. The van der Waals surface area contributed by atoms with Gasteiger partial charge in [0.2, 0.25) is 0 Å². The van der Waals surface area contributed by atoms with E-state index in [0.29, 0.717) is 0 Å². The molecule has 5 aromatic rings. The summed E-state index contributed by atoms with van der Waals surface area (Å²) in [5, 5.41) is 0. The van der Waals surface area contributed by atoms with Crippen LogP contribution in [-0.4, -0.2) is 27.0 Å². The van der Waals surface area contributed by atoms with Crippen LogP contribution in [0.2, 0.25) is 0 Å². The fourth-order valence-electron chi connectivity index (χ4n) is 8.30. The van der Waals surface area contributed by atoms with Crippen LogP contribution in [0.1, 0.15) is 99.4 Å². The molecule has 0 fully saturated rings. The van der Waals surface area contributed by atoms with Gasteiger partial charge in [-0.1, -0.05) is 39.8 Å². The highest BCUT2D eigenvalue weighted by Crippen LogP contribution is 2.44. The van der Waals surface area contributed by atoms with Crippen molar-refractivity contribution < 1.29 is 9.30 Å². The summed E-state index contributed by atoms with van der Waals surface area (Å²) < 4.78 is 7.66. The number of fused-ring (bicyclic) bond motifs is 8. The number of aromatic nitrogens is 5. The summed E-state index contributed by atoms with van der Waals surface area (Å²) in [6, 6.07) is 17.4. The maximum absolute atomic E-state index is 5.56. The second kappa shape index (κ2) is 13.5. The zero-order valence-corrected chi connectivity index (χ0v) is 31.9. The molecule has 1 aromatic carbocycles. The molecule has 8 bridgehead atoms. The van der Waals surface area contributed by atoms with Gasteiger partial charge in [-0.2, -0.15) is 0 Å². The molecule has 0 spiro atoms. The van der Waals surface area contributed by atoms with E-state index in [1.165, 1.54) is 55.7 Å². The van der Waals surface area contributed by atoms with Crippen molar-refractivity contribution in [1.29, 1.82) is 0 Å². The highest BCUT2D eigenvalue weighted by atomic mass is 16.5. The molecular formula is C45H50N5O+. The molecule has 0 amide bonds. The molecule has 51 heavy (non-hydrogen) atoms. The summed E-state index contributed by atoms with van der Waals surface area (Å²) in [7, 11) is 3.78. The number of methoxy groups -OCH3 is 1. The Hall–Kier alpha value is -5.23. The van der Waals surface area contributed by atoms with Crippen molar-refractivity contribution in [2.24, 2.45) is 7.05 Å². The van der Waals surface area contributed by atoms with Crippen LogP contribution in [0.25, 0.3) is 66.6 Å². The Morgan fingerprint density at radius 1 is 0.608 bits per heavy atom. The van der Waals surface area contributed by atoms with E-state index in [9.17, 15) is 0 Å². The van der Waals surface area contributed by atoms with E-state index in [0.717, 1.165) is 87.4 Å². The van der Waals surface area contributed by atoms with Gasteiger partial charge in [-0.15, -0.1) is 0 Å². The topological polar surface area (TPSA) is 70.5 Å². The minimum absolute atomic E-state index is 0.828. The van der Waals surface area contributed by atoms with Gasteiger partial charge >= 0.3 is 0 Å². The number of rotatable bonds is 7. The van der Waals surface area contributed by atoms with Crippen molar-refractivity contribution in [3.05, 3.63) is 106 Å². The first kappa shape index (κ1) is 34.2. The summed E-state index contributed by atoms with van der Waals surface area (Å²) in [4.78, 5) is 18.9. The third-order valence-electron chi connectivity index (χ3n) is 11.1. The minimum Gasteiger partial charge on any atom is -0.497 e. The maximum Gasteiger partial charge on any atom is 0.169 e. The summed E-state index contributed by atoms with van der Waals surface area (Å²) >= 11 is 0. The van der Waals surface area contributed by atoms with Crippen LogP contribution in [0.5, 0.6) is 5.75 Å². The highest BCUT2D eigenvalue weighted by molar-refractivity contribution is 6.03. The van der Waals surface area contributed by atoms with Crippen molar-refractivity contribution in [3.63, 3.8) is 0 Å². The highest BCUT2D eigenvalue weighted by Gasteiger charge is 2.26. The number of aromatic amines is 2. The number of benzene rings is 1. The molecule has 0 saturated heterocycles. The third kappa shape index (κ3) is 5.61. The predicted molar refractivity (Wildman–Crippen MR) is 213 cm³/mol. The lowest BCUT2D eigenvalue weighted by atomic mass is 9.93. The van der Waals surface area contributed by atoms with Gasteiger partial charge in [0, 0.05) is 34.3 Å². The Kier molecular flexibility index (Phi) is 9.05. The maximum atomic E-state index is 5.56. The first-order valence-corrected chi connectivity index (χ1v) is 18.4. The predicted octanol–water partition coefficient (Wildman–Crippen LogP) is 10.9. The Labute approximate surface area is 302 Å². The van der Waals surface area contributed by atoms with E-state index < -0.39 is 0 Å². The number of H-pyrrole nitrogens is 2. The molecule has 6 nitrogen and oxygen atoms in total. The average molecular weight is 677 g/mol. The van der Waals surface area contributed by atoms with Gasteiger partial charge in [0.15, 0.2) is 12.4 Å². The van der Waals surface area contributed by atoms with Crippen molar-refractivity contribution in [3.8, 4) is 28.0 Å². The Morgan fingerprint density at radius 3 is 1.47 bits per heavy atom. The summed E-state index contributed by atoms with van der Waals surface area (Å²) in [6.45, 7) is 18.0. The van der Waals surface area contributed by atoms with Crippen LogP contribution in [0.4, 0.5) is 0 Å². The number of hydrogen-bond acceptors (Lipinski definition) is 3. The van der Waals surface area contributed by atoms with Crippen molar-refractivity contribution in [1.82, 2.24) is 19.9 Å². The second-order valence-electron chi connectivity index (χ2n) is 13.9. The molecular weight excluding hydrogens is 627 g/mol. The number of nitrogens with zero attached hydrogens (tertiary/aromatic N) is 3. The number of pyridine rings is 1. The monoisotopic (exact) mass is 676 g/mol. The molecule has 0 saturated carbocycles. The van der Waals surface area contributed by atoms with Gasteiger partial charge in [0.1, 0.15) is 12.8 Å². The van der Waals surface area contributed by atoms with E-state index in [2.05, 4.69) is 126 Å². The van der Waals surface area contributed by atoms with Gasteiger partial charge in [-0.25, -0.2) is 14.5 Å². The zero-order valence-electron chi connectivity index (χ0n) is 31.9. The van der Waals surface area contributed by atoms with Gasteiger partial charge in [0.05, 0.1) is 40.9 Å². The Bertz CT molecular complexity index is 2300. The van der Waals surface area contributed by atoms with Crippen molar-refractivity contribution in [2.75, 3.05) is 7.11 Å².